The number of pyridine rings is 1. The molecule has 2 aromatic carbocycles. The van der Waals surface area contributed by atoms with Crippen LogP contribution in [0.5, 0.6) is 0 Å². The first-order valence-corrected chi connectivity index (χ1v) is 15.2. The quantitative estimate of drug-likeness (QED) is 0.347. The van der Waals surface area contributed by atoms with Crippen LogP contribution in [0.3, 0.4) is 0 Å². The number of rotatable bonds is 7. The van der Waals surface area contributed by atoms with Gasteiger partial charge < -0.3 is 10.2 Å². The number of fused-ring (bicyclic) bond motifs is 1. The normalized spacial score (nSPS) is 18.7. The number of carbonyl (C=O) groups is 1. The van der Waals surface area contributed by atoms with Crippen LogP contribution in [-0.2, 0) is 6.42 Å². The molecule has 3 fully saturated rings. The average Bonchev–Trinajstić information content (AvgIpc) is 3.67. The van der Waals surface area contributed by atoms with Crippen LogP contribution >= 0.6 is 12.4 Å². The van der Waals surface area contributed by atoms with Gasteiger partial charge in [0.25, 0.3) is 0 Å². The molecule has 1 aliphatic heterocycles. The van der Waals surface area contributed by atoms with Crippen molar-refractivity contribution in [3.05, 3.63) is 65.9 Å². The van der Waals surface area contributed by atoms with E-state index in [0.717, 1.165) is 81.7 Å². The first kappa shape index (κ1) is 28.7. The second kappa shape index (κ2) is 13.2. The molecule has 0 radical (unpaired) electrons. The number of carbonyl (C=O) groups excluding carboxylic acids is 1. The van der Waals surface area contributed by atoms with E-state index in [9.17, 15) is 4.79 Å². The SMILES string of the molecule is Cc1ccc2c(N3CCN(CCc4cccc(N(C(=O)NC5CCCC5)C5CCCC5)c4)CC3)cccc2n1.Cl. The Morgan fingerprint density at radius 2 is 1.65 bits per heavy atom. The van der Waals surface area contributed by atoms with Gasteiger partial charge in [-0.25, -0.2) is 4.79 Å². The molecule has 1 aromatic heterocycles. The van der Waals surface area contributed by atoms with Crippen molar-refractivity contribution in [1.82, 2.24) is 15.2 Å². The van der Waals surface area contributed by atoms with Crippen LogP contribution in [0.25, 0.3) is 10.9 Å². The maximum atomic E-state index is 13.4. The molecular weight excluding hydrogens is 518 g/mol. The minimum Gasteiger partial charge on any atom is -0.368 e. The van der Waals surface area contributed by atoms with Crippen LogP contribution in [0, 0.1) is 6.92 Å². The van der Waals surface area contributed by atoms with E-state index in [0.29, 0.717) is 12.1 Å². The average molecular weight is 562 g/mol. The summed E-state index contributed by atoms with van der Waals surface area (Å²) >= 11 is 0. The molecule has 0 atom stereocenters. The number of halogens is 1. The van der Waals surface area contributed by atoms with Crippen molar-refractivity contribution in [3.8, 4) is 0 Å². The summed E-state index contributed by atoms with van der Waals surface area (Å²) in [5, 5.41) is 4.61. The number of amides is 2. The molecule has 2 heterocycles. The summed E-state index contributed by atoms with van der Waals surface area (Å²) in [6.45, 7) is 7.29. The summed E-state index contributed by atoms with van der Waals surface area (Å²) in [5.41, 5.74) is 5.84. The maximum absolute atomic E-state index is 13.4. The maximum Gasteiger partial charge on any atom is 0.322 e. The molecule has 1 N–H and O–H groups in total. The smallest absolute Gasteiger partial charge is 0.322 e. The Hall–Kier alpha value is -2.83. The topological polar surface area (TPSA) is 51.7 Å². The van der Waals surface area contributed by atoms with Crippen molar-refractivity contribution in [3.63, 3.8) is 0 Å². The Morgan fingerprint density at radius 1 is 0.925 bits per heavy atom. The van der Waals surface area contributed by atoms with E-state index < -0.39 is 0 Å². The number of hydrogen-bond donors (Lipinski definition) is 1. The predicted octanol–water partition coefficient (Wildman–Crippen LogP) is 6.73. The first-order valence-electron chi connectivity index (χ1n) is 15.2. The number of hydrogen-bond acceptors (Lipinski definition) is 4. The molecule has 0 unspecified atom stereocenters. The van der Waals surface area contributed by atoms with Gasteiger partial charge in [-0.15, -0.1) is 12.4 Å². The van der Waals surface area contributed by atoms with Crippen LogP contribution in [0.2, 0.25) is 0 Å². The van der Waals surface area contributed by atoms with Gasteiger partial charge in [-0.3, -0.25) is 14.8 Å². The van der Waals surface area contributed by atoms with E-state index in [2.05, 4.69) is 81.5 Å². The molecule has 214 valence electrons. The van der Waals surface area contributed by atoms with Gasteiger partial charge in [0.1, 0.15) is 0 Å². The number of nitrogens with zero attached hydrogens (tertiary/aromatic N) is 4. The summed E-state index contributed by atoms with van der Waals surface area (Å²) in [6, 6.07) is 20.4. The van der Waals surface area contributed by atoms with Crippen LogP contribution in [0.4, 0.5) is 16.2 Å². The standard InChI is InChI=1S/C33H43N5O.ClH/c1-25-16-17-30-31(34-25)14-7-15-32(30)37-22-20-36(21-23-37)19-18-26-8-6-13-29(24-26)38(28-11-4-5-12-28)33(39)35-27-9-2-3-10-27;/h6-8,13-17,24,27-28H,2-5,9-12,18-23H2,1H3,(H,35,39);1H. The summed E-state index contributed by atoms with van der Waals surface area (Å²) in [5.74, 6) is 0. The van der Waals surface area contributed by atoms with E-state index >= 15 is 0 Å². The molecule has 3 aliphatic rings. The van der Waals surface area contributed by atoms with E-state index in [-0.39, 0.29) is 18.4 Å². The molecule has 1 saturated heterocycles. The van der Waals surface area contributed by atoms with Gasteiger partial charge >= 0.3 is 6.03 Å². The molecule has 3 aromatic rings. The number of aryl methyl sites for hydroxylation is 1. The predicted molar refractivity (Wildman–Crippen MR) is 168 cm³/mol. The largest absolute Gasteiger partial charge is 0.368 e. The summed E-state index contributed by atoms with van der Waals surface area (Å²) in [6.07, 6.45) is 10.4. The number of nitrogens with one attached hydrogen (secondary N) is 1. The number of aromatic nitrogens is 1. The van der Waals surface area contributed by atoms with E-state index in [1.54, 1.807) is 0 Å². The molecule has 6 nitrogen and oxygen atoms in total. The van der Waals surface area contributed by atoms with Crippen molar-refractivity contribution >= 4 is 40.7 Å². The number of piperazine rings is 1. The molecule has 0 bridgehead atoms. The number of benzene rings is 2. The van der Waals surface area contributed by atoms with Crippen LogP contribution in [-0.4, -0.2) is 60.7 Å². The molecular formula is C33H44ClN5O. The lowest BCUT2D eigenvalue weighted by atomic mass is 10.1. The van der Waals surface area contributed by atoms with Gasteiger partial charge in [0.15, 0.2) is 0 Å². The van der Waals surface area contributed by atoms with Crippen molar-refractivity contribution < 1.29 is 4.79 Å². The third-order valence-electron chi connectivity index (χ3n) is 9.06. The molecule has 7 heteroatoms. The highest BCUT2D eigenvalue weighted by atomic mass is 35.5. The van der Waals surface area contributed by atoms with Gasteiger partial charge in [0.2, 0.25) is 0 Å². The highest BCUT2D eigenvalue weighted by Gasteiger charge is 2.30. The zero-order valence-corrected chi connectivity index (χ0v) is 24.7. The van der Waals surface area contributed by atoms with Crippen molar-refractivity contribution in [2.24, 2.45) is 0 Å². The van der Waals surface area contributed by atoms with Gasteiger partial charge in [0.05, 0.1) is 5.52 Å². The Kier molecular flexibility index (Phi) is 9.48. The van der Waals surface area contributed by atoms with Gasteiger partial charge in [-0.05, 0) is 81.0 Å². The second-order valence-corrected chi connectivity index (χ2v) is 11.8. The van der Waals surface area contributed by atoms with E-state index in [4.69, 9.17) is 4.98 Å². The molecule has 0 spiro atoms. The fraction of sp³-hybridized carbons (Fsp3) is 0.515. The lowest BCUT2D eigenvalue weighted by Gasteiger charge is -2.36. The zero-order chi connectivity index (χ0) is 26.6. The highest BCUT2D eigenvalue weighted by molar-refractivity contribution is 5.93. The van der Waals surface area contributed by atoms with E-state index in [1.165, 1.54) is 42.3 Å². The molecule has 6 rings (SSSR count). The Bertz CT molecular complexity index is 1280. The molecule has 2 saturated carbocycles. The van der Waals surface area contributed by atoms with Crippen LogP contribution < -0.4 is 15.1 Å². The molecule has 2 amide bonds. The fourth-order valence-electron chi connectivity index (χ4n) is 6.85. The highest BCUT2D eigenvalue weighted by Crippen LogP contribution is 2.30. The van der Waals surface area contributed by atoms with Crippen LogP contribution in [0.15, 0.2) is 54.6 Å². The summed E-state index contributed by atoms with van der Waals surface area (Å²) < 4.78 is 0. The van der Waals surface area contributed by atoms with Crippen molar-refractivity contribution in [1.29, 1.82) is 0 Å². The van der Waals surface area contributed by atoms with Crippen LogP contribution in [0.1, 0.15) is 62.6 Å². The number of urea groups is 1. The lowest BCUT2D eigenvalue weighted by molar-refractivity contribution is 0.240. The zero-order valence-electron chi connectivity index (χ0n) is 23.9. The number of anilines is 2. The third kappa shape index (κ3) is 6.55. The summed E-state index contributed by atoms with van der Waals surface area (Å²) in [7, 11) is 0. The Balaban J connectivity index is 0.00000323. The van der Waals surface area contributed by atoms with E-state index in [1.807, 2.05) is 0 Å². The first-order chi connectivity index (χ1) is 19.1. The van der Waals surface area contributed by atoms with Gasteiger partial charge in [-0.1, -0.05) is 43.9 Å². The lowest BCUT2D eigenvalue weighted by Crippen LogP contribution is -2.48. The second-order valence-electron chi connectivity index (χ2n) is 11.8. The molecule has 2 aliphatic carbocycles. The fourth-order valence-corrected chi connectivity index (χ4v) is 6.85. The Labute approximate surface area is 245 Å². The third-order valence-corrected chi connectivity index (χ3v) is 9.06. The molecule has 40 heavy (non-hydrogen) atoms. The minimum atomic E-state index is 0. The summed E-state index contributed by atoms with van der Waals surface area (Å²) in [4.78, 5) is 25.4. The van der Waals surface area contributed by atoms with Gasteiger partial charge in [-0.2, -0.15) is 0 Å². The minimum absolute atomic E-state index is 0. The monoisotopic (exact) mass is 561 g/mol. The van der Waals surface area contributed by atoms with Crippen molar-refractivity contribution in [2.45, 2.75) is 76.8 Å². The van der Waals surface area contributed by atoms with Crippen molar-refractivity contribution in [2.75, 3.05) is 42.5 Å². The van der Waals surface area contributed by atoms with Gasteiger partial charge in [0, 0.05) is 67.3 Å². The Morgan fingerprint density at radius 3 is 2.42 bits per heavy atom.